The summed E-state index contributed by atoms with van der Waals surface area (Å²) in [4.78, 5) is 7.00. The molecule has 0 aromatic carbocycles. The van der Waals surface area contributed by atoms with Crippen molar-refractivity contribution in [3.8, 4) is 0 Å². The Kier molecular flexibility index (Phi) is 3.82. The van der Waals surface area contributed by atoms with Gasteiger partial charge in [0.25, 0.3) is 0 Å². The number of aromatic nitrogens is 1. The lowest BCUT2D eigenvalue weighted by Gasteiger charge is -2.27. The number of hydrogen-bond donors (Lipinski definition) is 2. The quantitative estimate of drug-likeness (QED) is 0.786. The maximum atomic E-state index is 9.22. The molecule has 1 aromatic heterocycles. The molecule has 18 heavy (non-hydrogen) atoms. The zero-order valence-electron chi connectivity index (χ0n) is 10.8. The molecule has 0 unspecified atom stereocenters. The first-order chi connectivity index (χ1) is 8.54. The van der Waals surface area contributed by atoms with E-state index in [1.165, 1.54) is 0 Å². The molecule has 2 rings (SSSR count). The molecule has 0 bridgehead atoms. The van der Waals surface area contributed by atoms with Crippen molar-refractivity contribution in [2.24, 2.45) is 5.73 Å². The average molecular weight is 265 g/mol. The zero-order valence-corrected chi connectivity index (χ0v) is 11.6. The second-order valence-electron chi connectivity index (χ2n) is 4.76. The van der Waals surface area contributed by atoms with Gasteiger partial charge in [-0.2, -0.15) is 0 Å². The van der Waals surface area contributed by atoms with Gasteiger partial charge in [0.2, 0.25) is 0 Å². The standard InChI is InChI=1S/C13H19N3OS/c1-8-7-11(12(13(14)18)9(2)15-8)16(5-6-17)10-3-4-10/h7,10,17H,3-6H2,1-2H3,(H2,14,18). The van der Waals surface area contributed by atoms with Crippen molar-refractivity contribution in [2.45, 2.75) is 32.7 Å². The van der Waals surface area contributed by atoms with Gasteiger partial charge in [-0.3, -0.25) is 4.98 Å². The number of nitrogens with two attached hydrogens (primary N) is 1. The summed E-state index contributed by atoms with van der Waals surface area (Å²) in [7, 11) is 0. The van der Waals surface area contributed by atoms with Crippen LogP contribution in [0.1, 0.15) is 29.8 Å². The van der Waals surface area contributed by atoms with E-state index in [2.05, 4.69) is 9.88 Å². The van der Waals surface area contributed by atoms with Gasteiger partial charge in [-0.05, 0) is 32.8 Å². The maximum absolute atomic E-state index is 9.22. The molecular formula is C13H19N3OS. The average Bonchev–Trinajstić information content (AvgIpc) is 3.07. The third kappa shape index (κ3) is 2.62. The molecule has 98 valence electrons. The highest BCUT2D eigenvalue weighted by atomic mass is 32.1. The Morgan fingerprint density at radius 3 is 2.72 bits per heavy atom. The van der Waals surface area contributed by atoms with Crippen LogP contribution in [-0.4, -0.2) is 34.3 Å². The largest absolute Gasteiger partial charge is 0.395 e. The van der Waals surface area contributed by atoms with Gasteiger partial charge in [0.05, 0.1) is 17.9 Å². The van der Waals surface area contributed by atoms with Crippen molar-refractivity contribution in [1.82, 2.24) is 4.98 Å². The minimum Gasteiger partial charge on any atom is -0.395 e. The number of rotatable bonds is 5. The van der Waals surface area contributed by atoms with E-state index >= 15 is 0 Å². The van der Waals surface area contributed by atoms with Crippen LogP contribution < -0.4 is 10.6 Å². The van der Waals surface area contributed by atoms with Crippen LogP contribution >= 0.6 is 12.2 Å². The first kappa shape index (κ1) is 13.2. The summed E-state index contributed by atoms with van der Waals surface area (Å²) < 4.78 is 0. The van der Waals surface area contributed by atoms with Crippen LogP contribution in [0.15, 0.2) is 6.07 Å². The summed E-state index contributed by atoms with van der Waals surface area (Å²) in [5.41, 5.74) is 9.50. The van der Waals surface area contributed by atoms with Crippen LogP contribution in [0.3, 0.4) is 0 Å². The summed E-state index contributed by atoms with van der Waals surface area (Å²) in [6, 6.07) is 2.52. The van der Waals surface area contributed by atoms with Crippen molar-refractivity contribution in [1.29, 1.82) is 0 Å². The second kappa shape index (κ2) is 5.20. The second-order valence-corrected chi connectivity index (χ2v) is 5.20. The smallest absolute Gasteiger partial charge is 0.107 e. The van der Waals surface area contributed by atoms with E-state index in [-0.39, 0.29) is 6.61 Å². The van der Waals surface area contributed by atoms with Gasteiger partial charge in [0.1, 0.15) is 4.99 Å². The minimum atomic E-state index is 0.133. The fourth-order valence-electron chi connectivity index (χ4n) is 2.33. The Morgan fingerprint density at radius 1 is 1.56 bits per heavy atom. The highest BCUT2D eigenvalue weighted by molar-refractivity contribution is 7.80. The number of pyridine rings is 1. The Morgan fingerprint density at radius 2 is 2.22 bits per heavy atom. The topological polar surface area (TPSA) is 62.4 Å². The lowest BCUT2D eigenvalue weighted by molar-refractivity contribution is 0.301. The summed E-state index contributed by atoms with van der Waals surface area (Å²) >= 11 is 5.14. The molecule has 0 radical (unpaired) electrons. The van der Waals surface area contributed by atoms with Crippen LogP contribution in [0.5, 0.6) is 0 Å². The number of thiocarbonyl (C=S) groups is 1. The van der Waals surface area contributed by atoms with Gasteiger partial charge in [-0.15, -0.1) is 0 Å². The van der Waals surface area contributed by atoms with E-state index in [9.17, 15) is 5.11 Å². The Bertz CT molecular complexity index is 472. The third-order valence-corrected chi connectivity index (χ3v) is 3.40. The predicted molar refractivity (Wildman–Crippen MR) is 77.1 cm³/mol. The number of aliphatic hydroxyl groups is 1. The normalized spacial score (nSPS) is 14.6. The molecular weight excluding hydrogens is 246 g/mol. The molecule has 1 aliphatic carbocycles. The molecule has 1 heterocycles. The molecule has 1 aromatic rings. The molecule has 3 N–H and O–H groups in total. The fraction of sp³-hybridized carbons (Fsp3) is 0.538. The van der Waals surface area contributed by atoms with Crippen LogP contribution in [0.4, 0.5) is 5.69 Å². The molecule has 4 nitrogen and oxygen atoms in total. The van der Waals surface area contributed by atoms with Gasteiger partial charge in [0.15, 0.2) is 0 Å². The van der Waals surface area contributed by atoms with E-state index in [4.69, 9.17) is 18.0 Å². The number of aryl methyl sites for hydroxylation is 2. The van der Waals surface area contributed by atoms with Crippen molar-refractivity contribution in [2.75, 3.05) is 18.1 Å². The molecule has 1 saturated carbocycles. The molecule has 0 atom stereocenters. The minimum absolute atomic E-state index is 0.133. The zero-order chi connectivity index (χ0) is 13.3. The molecule has 0 saturated heterocycles. The lowest BCUT2D eigenvalue weighted by Crippen LogP contribution is -2.32. The Hall–Kier alpha value is -1.20. The SMILES string of the molecule is Cc1cc(N(CCO)C2CC2)c(C(N)=S)c(C)n1. The number of anilines is 1. The fourth-order valence-corrected chi connectivity index (χ4v) is 2.59. The van der Waals surface area contributed by atoms with Gasteiger partial charge in [-0.1, -0.05) is 12.2 Å². The number of nitrogens with zero attached hydrogens (tertiary/aromatic N) is 2. The van der Waals surface area contributed by atoms with Crippen LogP contribution in [0.25, 0.3) is 0 Å². The first-order valence-corrected chi connectivity index (χ1v) is 6.61. The Balaban J connectivity index is 2.48. The van der Waals surface area contributed by atoms with Gasteiger partial charge < -0.3 is 15.7 Å². The Labute approximate surface area is 113 Å². The molecule has 5 heteroatoms. The summed E-state index contributed by atoms with van der Waals surface area (Å²) in [6.45, 7) is 4.63. The highest BCUT2D eigenvalue weighted by Crippen LogP contribution is 2.34. The van der Waals surface area contributed by atoms with Crippen LogP contribution in [0, 0.1) is 13.8 Å². The first-order valence-electron chi connectivity index (χ1n) is 6.20. The van der Waals surface area contributed by atoms with Gasteiger partial charge >= 0.3 is 0 Å². The third-order valence-electron chi connectivity index (χ3n) is 3.19. The highest BCUT2D eigenvalue weighted by Gasteiger charge is 2.31. The van der Waals surface area contributed by atoms with E-state index in [1.807, 2.05) is 19.9 Å². The molecule has 0 aliphatic heterocycles. The molecule has 0 spiro atoms. The van der Waals surface area contributed by atoms with Gasteiger partial charge in [0, 0.05) is 24.0 Å². The summed E-state index contributed by atoms with van der Waals surface area (Å²) in [5.74, 6) is 0. The number of aliphatic hydroxyl groups excluding tert-OH is 1. The van der Waals surface area contributed by atoms with E-state index < -0.39 is 0 Å². The van der Waals surface area contributed by atoms with Crippen molar-refractivity contribution >= 4 is 22.9 Å². The molecule has 1 fully saturated rings. The monoisotopic (exact) mass is 265 g/mol. The van der Waals surface area contributed by atoms with Crippen LogP contribution in [0.2, 0.25) is 0 Å². The van der Waals surface area contributed by atoms with E-state index in [1.54, 1.807) is 0 Å². The summed E-state index contributed by atoms with van der Waals surface area (Å²) in [6.07, 6.45) is 2.33. The maximum Gasteiger partial charge on any atom is 0.107 e. The molecule has 1 aliphatic rings. The van der Waals surface area contributed by atoms with E-state index in [0.717, 1.165) is 35.5 Å². The van der Waals surface area contributed by atoms with E-state index in [0.29, 0.717) is 17.6 Å². The molecule has 0 amide bonds. The summed E-state index contributed by atoms with van der Waals surface area (Å²) in [5, 5.41) is 9.22. The predicted octanol–water partition coefficient (Wildman–Crippen LogP) is 1.29. The van der Waals surface area contributed by atoms with Crippen LogP contribution in [-0.2, 0) is 0 Å². The van der Waals surface area contributed by atoms with Crippen molar-refractivity contribution in [3.05, 3.63) is 23.0 Å². The lowest BCUT2D eigenvalue weighted by atomic mass is 10.1. The number of hydrogen-bond acceptors (Lipinski definition) is 4. The van der Waals surface area contributed by atoms with Crippen molar-refractivity contribution in [3.63, 3.8) is 0 Å². The van der Waals surface area contributed by atoms with Gasteiger partial charge in [-0.25, -0.2) is 0 Å². The van der Waals surface area contributed by atoms with Crippen molar-refractivity contribution < 1.29 is 5.11 Å².